The number of nitrogens with zero attached hydrogens (tertiary/aromatic N) is 1. The molecule has 1 fully saturated rings. The summed E-state index contributed by atoms with van der Waals surface area (Å²) in [5.41, 5.74) is 6.93. The minimum atomic E-state index is -0.764. The summed E-state index contributed by atoms with van der Waals surface area (Å²) in [5.74, 6) is -1.14. The lowest BCUT2D eigenvalue weighted by atomic mass is 9.94. The SMILES string of the molecule is NC1CC(C(=O)O)CN(c2cccc(Br)c2)C1. The van der Waals surface area contributed by atoms with Crippen molar-refractivity contribution in [2.75, 3.05) is 18.0 Å². The van der Waals surface area contributed by atoms with Gasteiger partial charge >= 0.3 is 5.97 Å². The lowest BCUT2D eigenvalue weighted by Gasteiger charge is -2.36. The predicted molar refractivity (Wildman–Crippen MR) is 70.1 cm³/mol. The molecule has 0 aliphatic carbocycles. The summed E-state index contributed by atoms with van der Waals surface area (Å²) in [6, 6.07) is 7.76. The van der Waals surface area contributed by atoms with Gasteiger partial charge in [0.05, 0.1) is 5.92 Å². The minimum absolute atomic E-state index is 0.0798. The summed E-state index contributed by atoms with van der Waals surface area (Å²) in [6.07, 6.45) is 0.555. The molecule has 3 N–H and O–H groups in total. The number of aliphatic carboxylic acids is 1. The molecule has 5 heteroatoms. The molecule has 1 saturated heterocycles. The van der Waals surface area contributed by atoms with Crippen molar-refractivity contribution < 1.29 is 9.90 Å². The van der Waals surface area contributed by atoms with Gasteiger partial charge in [0.15, 0.2) is 0 Å². The van der Waals surface area contributed by atoms with Crippen LogP contribution < -0.4 is 10.6 Å². The van der Waals surface area contributed by atoms with Crippen LogP contribution in [0.4, 0.5) is 5.69 Å². The highest BCUT2D eigenvalue weighted by Crippen LogP contribution is 2.25. The Morgan fingerprint density at radius 3 is 2.88 bits per heavy atom. The highest BCUT2D eigenvalue weighted by molar-refractivity contribution is 9.10. The number of carboxylic acids is 1. The van der Waals surface area contributed by atoms with Crippen LogP contribution in [0.5, 0.6) is 0 Å². The Kier molecular flexibility index (Phi) is 3.69. The van der Waals surface area contributed by atoms with E-state index < -0.39 is 5.97 Å². The van der Waals surface area contributed by atoms with E-state index in [1.165, 1.54) is 0 Å². The fraction of sp³-hybridized carbons (Fsp3) is 0.417. The fourth-order valence-corrected chi connectivity index (χ4v) is 2.59. The first-order chi connectivity index (χ1) is 8.06. The number of nitrogens with two attached hydrogens (primary N) is 1. The van der Waals surface area contributed by atoms with Gasteiger partial charge in [0.25, 0.3) is 0 Å². The molecule has 2 rings (SSSR count). The summed E-state index contributed by atoms with van der Waals surface area (Å²) >= 11 is 3.41. The Hall–Kier alpha value is -1.07. The minimum Gasteiger partial charge on any atom is -0.481 e. The van der Waals surface area contributed by atoms with Crippen LogP contribution in [0.1, 0.15) is 6.42 Å². The van der Waals surface area contributed by atoms with Gasteiger partial charge in [0, 0.05) is 29.3 Å². The Bertz CT molecular complexity index is 425. The summed E-state index contributed by atoms with van der Waals surface area (Å²) in [7, 11) is 0. The molecule has 0 aromatic heterocycles. The van der Waals surface area contributed by atoms with E-state index in [1.807, 2.05) is 29.2 Å². The Balaban J connectivity index is 2.18. The van der Waals surface area contributed by atoms with Gasteiger partial charge < -0.3 is 15.7 Å². The average molecular weight is 299 g/mol. The van der Waals surface area contributed by atoms with Crippen LogP contribution in [0.15, 0.2) is 28.7 Å². The van der Waals surface area contributed by atoms with Gasteiger partial charge in [-0.2, -0.15) is 0 Å². The Morgan fingerprint density at radius 1 is 1.47 bits per heavy atom. The molecule has 2 unspecified atom stereocenters. The van der Waals surface area contributed by atoms with E-state index in [2.05, 4.69) is 15.9 Å². The maximum atomic E-state index is 11.1. The normalized spacial score (nSPS) is 24.7. The van der Waals surface area contributed by atoms with Gasteiger partial charge in [0.1, 0.15) is 0 Å². The number of carbonyl (C=O) groups is 1. The van der Waals surface area contributed by atoms with Gasteiger partial charge in [-0.15, -0.1) is 0 Å². The van der Waals surface area contributed by atoms with E-state index in [1.54, 1.807) is 0 Å². The van der Waals surface area contributed by atoms with Crippen LogP contribution in [0, 0.1) is 5.92 Å². The molecule has 0 spiro atoms. The number of halogens is 1. The van der Waals surface area contributed by atoms with Crippen molar-refractivity contribution in [3.8, 4) is 0 Å². The van der Waals surface area contributed by atoms with Gasteiger partial charge in [-0.05, 0) is 24.6 Å². The summed E-state index contributed by atoms with van der Waals surface area (Å²) in [6.45, 7) is 1.24. The topological polar surface area (TPSA) is 66.6 Å². The Morgan fingerprint density at radius 2 is 2.24 bits per heavy atom. The number of hydrogen-bond acceptors (Lipinski definition) is 3. The second kappa shape index (κ2) is 5.06. The zero-order valence-corrected chi connectivity index (χ0v) is 10.9. The fourth-order valence-electron chi connectivity index (χ4n) is 2.20. The highest BCUT2D eigenvalue weighted by atomic mass is 79.9. The number of piperidine rings is 1. The van der Waals surface area contributed by atoms with Crippen LogP contribution in [0.25, 0.3) is 0 Å². The van der Waals surface area contributed by atoms with E-state index >= 15 is 0 Å². The molecule has 0 saturated carbocycles. The second-order valence-electron chi connectivity index (χ2n) is 4.42. The summed E-state index contributed by atoms with van der Waals surface area (Å²) < 4.78 is 0.987. The van der Waals surface area contributed by atoms with E-state index in [0.717, 1.165) is 10.2 Å². The standard InChI is InChI=1S/C12H15BrN2O2/c13-9-2-1-3-11(5-9)15-6-8(12(16)17)4-10(14)7-15/h1-3,5,8,10H,4,6-7,14H2,(H,16,17). The molecule has 1 aliphatic rings. The van der Waals surface area contributed by atoms with Crippen molar-refractivity contribution in [3.63, 3.8) is 0 Å². The summed E-state index contributed by atoms with van der Waals surface area (Å²) in [4.78, 5) is 13.1. The molecule has 1 aromatic carbocycles. The molecule has 1 aromatic rings. The predicted octanol–water partition coefficient (Wildman–Crippen LogP) is 1.69. The zero-order valence-electron chi connectivity index (χ0n) is 9.34. The molecule has 0 radical (unpaired) electrons. The van der Waals surface area contributed by atoms with Crippen LogP contribution in [-0.2, 0) is 4.79 Å². The van der Waals surface area contributed by atoms with Gasteiger partial charge in [0.2, 0.25) is 0 Å². The Labute approximate surface area is 109 Å². The maximum absolute atomic E-state index is 11.1. The molecule has 0 amide bonds. The molecular weight excluding hydrogens is 284 g/mol. The lowest BCUT2D eigenvalue weighted by molar-refractivity contribution is -0.142. The molecule has 0 bridgehead atoms. The molecular formula is C12H15BrN2O2. The van der Waals surface area contributed by atoms with Crippen LogP contribution in [-0.4, -0.2) is 30.2 Å². The van der Waals surface area contributed by atoms with Crippen LogP contribution >= 0.6 is 15.9 Å². The van der Waals surface area contributed by atoms with Crippen LogP contribution in [0.2, 0.25) is 0 Å². The molecule has 4 nitrogen and oxygen atoms in total. The van der Waals surface area contributed by atoms with E-state index in [4.69, 9.17) is 10.8 Å². The highest BCUT2D eigenvalue weighted by Gasteiger charge is 2.29. The van der Waals surface area contributed by atoms with Crippen molar-refractivity contribution in [2.24, 2.45) is 11.7 Å². The van der Waals surface area contributed by atoms with Gasteiger partial charge in [-0.25, -0.2) is 0 Å². The van der Waals surface area contributed by atoms with E-state index in [-0.39, 0.29) is 12.0 Å². The lowest BCUT2D eigenvalue weighted by Crippen LogP contribution is -2.49. The van der Waals surface area contributed by atoms with Gasteiger partial charge in [-0.1, -0.05) is 22.0 Å². The van der Waals surface area contributed by atoms with Crippen molar-refractivity contribution >= 4 is 27.6 Å². The average Bonchev–Trinajstić information content (AvgIpc) is 2.28. The van der Waals surface area contributed by atoms with Crippen molar-refractivity contribution in [1.82, 2.24) is 0 Å². The number of anilines is 1. The summed E-state index contributed by atoms with van der Waals surface area (Å²) in [5, 5.41) is 9.08. The van der Waals surface area contributed by atoms with E-state index in [9.17, 15) is 4.79 Å². The van der Waals surface area contributed by atoms with Crippen molar-refractivity contribution in [2.45, 2.75) is 12.5 Å². The smallest absolute Gasteiger partial charge is 0.308 e. The first-order valence-corrected chi connectivity index (χ1v) is 6.34. The largest absolute Gasteiger partial charge is 0.481 e. The van der Waals surface area contributed by atoms with E-state index in [0.29, 0.717) is 19.5 Å². The molecule has 2 atom stereocenters. The molecule has 17 heavy (non-hydrogen) atoms. The van der Waals surface area contributed by atoms with Gasteiger partial charge in [-0.3, -0.25) is 4.79 Å². The molecule has 92 valence electrons. The number of rotatable bonds is 2. The number of benzene rings is 1. The quantitative estimate of drug-likeness (QED) is 0.872. The maximum Gasteiger partial charge on any atom is 0.308 e. The molecule has 1 heterocycles. The van der Waals surface area contributed by atoms with Crippen molar-refractivity contribution in [1.29, 1.82) is 0 Å². The molecule has 1 aliphatic heterocycles. The first kappa shape index (κ1) is 12.4. The van der Waals surface area contributed by atoms with Crippen LogP contribution in [0.3, 0.4) is 0 Å². The third kappa shape index (κ3) is 2.98. The first-order valence-electron chi connectivity index (χ1n) is 5.55. The van der Waals surface area contributed by atoms with Crippen molar-refractivity contribution in [3.05, 3.63) is 28.7 Å². The monoisotopic (exact) mass is 298 g/mol. The third-order valence-electron chi connectivity index (χ3n) is 3.01. The second-order valence-corrected chi connectivity index (χ2v) is 5.33. The number of hydrogen-bond donors (Lipinski definition) is 2. The third-order valence-corrected chi connectivity index (χ3v) is 3.50. The number of carboxylic acid groups (broad SMARTS) is 1. The zero-order chi connectivity index (χ0) is 12.4.